The van der Waals surface area contributed by atoms with Crippen LogP contribution in [0.4, 0.5) is 0 Å². The molecule has 6 atom stereocenters. The van der Waals surface area contributed by atoms with Gasteiger partial charge in [0.15, 0.2) is 6.29 Å². The molecule has 0 spiro atoms. The van der Waals surface area contributed by atoms with E-state index in [9.17, 15) is 29.4 Å². The van der Waals surface area contributed by atoms with Crippen LogP contribution in [0.25, 0.3) is 0 Å². The highest BCUT2D eigenvalue weighted by Gasteiger charge is 2.45. The maximum absolute atomic E-state index is 12.6. The van der Waals surface area contributed by atoms with Crippen molar-refractivity contribution in [2.24, 2.45) is 5.92 Å². The predicted molar refractivity (Wildman–Crippen MR) is 129 cm³/mol. The van der Waals surface area contributed by atoms with E-state index in [0.717, 1.165) is 0 Å². The van der Waals surface area contributed by atoms with Gasteiger partial charge in [0.25, 0.3) is 0 Å². The zero-order chi connectivity index (χ0) is 27.6. The van der Waals surface area contributed by atoms with Crippen molar-refractivity contribution in [3.8, 4) is 0 Å². The zero-order valence-corrected chi connectivity index (χ0v) is 22.3. The minimum Gasteiger partial charge on any atom is -0.460 e. The number of ether oxygens (including phenoxy) is 3. The van der Waals surface area contributed by atoms with E-state index in [1.54, 1.807) is 34.6 Å². The lowest BCUT2D eigenvalue weighted by atomic mass is 9.96. The quantitative estimate of drug-likeness (QED) is 0.173. The lowest BCUT2D eigenvalue weighted by Crippen LogP contribution is -2.65. The maximum Gasteiger partial charge on any atom is 0.306 e. The number of rotatable bonds is 12. The van der Waals surface area contributed by atoms with E-state index in [2.05, 4.69) is 16.0 Å². The van der Waals surface area contributed by atoms with Crippen LogP contribution in [-0.4, -0.2) is 89.3 Å². The van der Waals surface area contributed by atoms with Gasteiger partial charge in [-0.15, -0.1) is 0 Å². The van der Waals surface area contributed by atoms with Crippen molar-refractivity contribution in [1.82, 2.24) is 16.0 Å². The van der Waals surface area contributed by atoms with Crippen LogP contribution in [0.15, 0.2) is 0 Å². The van der Waals surface area contributed by atoms with Crippen molar-refractivity contribution in [3.63, 3.8) is 0 Å². The van der Waals surface area contributed by atoms with E-state index >= 15 is 0 Å². The molecule has 0 aromatic heterocycles. The van der Waals surface area contributed by atoms with E-state index in [0.29, 0.717) is 12.8 Å². The third-order valence-corrected chi connectivity index (χ3v) is 5.33. The first kappa shape index (κ1) is 31.7. The second kappa shape index (κ2) is 14.5. The van der Waals surface area contributed by atoms with Crippen LogP contribution in [0.5, 0.6) is 0 Å². The highest BCUT2D eigenvalue weighted by atomic mass is 16.7. The molecule has 1 saturated heterocycles. The van der Waals surface area contributed by atoms with Gasteiger partial charge in [0.05, 0.1) is 0 Å². The Morgan fingerprint density at radius 2 is 1.64 bits per heavy atom. The van der Waals surface area contributed by atoms with Gasteiger partial charge in [-0.1, -0.05) is 13.8 Å². The Hall–Kier alpha value is -2.28. The molecule has 36 heavy (non-hydrogen) atoms. The molecule has 208 valence electrons. The first-order valence-corrected chi connectivity index (χ1v) is 12.3. The normalized spacial score (nSPS) is 25.1. The van der Waals surface area contributed by atoms with Gasteiger partial charge in [-0.25, -0.2) is 0 Å². The Balaban J connectivity index is 2.73. The molecule has 12 nitrogen and oxygen atoms in total. The Morgan fingerprint density at radius 3 is 2.17 bits per heavy atom. The summed E-state index contributed by atoms with van der Waals surface area (Å²) in [6, 6.07) is -1.82. The average Bonchev–Trinajstić information content (AvgIpc) is 2.73. The van der Waals surface area contributed by atoms with E-state index in [1.807, 2.05) is 0 Å². The van der Waals surface area contributed by atoms with Crippen LogP contribution in [0, 0.1) is 5.92 Å². The standard InChI is InChI=1S/C24H43N3O9/c1-13(2)18(26-14(3)28)22(33)25-12-16-20(31)21(32)19(27-15(4)29)23(35-16)34-11-9-8-10-17(30)36-24(5,6)7/h13,16,18-21,23,31-32H,8-12H2,1-7H3,(H,25,33)(H,26,28)(H,27,29)/t16?,18-,19?,20?,21?,23?/m1/s1. The summed E-state index contributed by atoms with van der Waals surface area (Å²) < 4.78 is 16.8. The van der Waals surface area contributed by atoms with Crippen LogP contribution < -0.4 is 16.0 Å². The van der Waals surface area contributed by atoms with Crippen molar-refractivity contribution in [2.75, 3.05) is 13.2 Å². The van der Waals surface area contributed by atoms with Gasteiger partial charge in [0.1, 0.15) is 36.0 Å². The first-order chi connectivity index (χ1) is 16.6. The van der Waals surface area contributed by atoms with E-state index in [-0.39, 0.29) is 37.4 Å². The van der Waals surface area contributed by atoms with Gasteiger partial charge < -0.3 is 40.4 Å². The van der Waals surface area contributed by atoms with Crippen molar-refractivity contribution in [2.45, 2.75) is 110 Å². The maximum atomic E-state index is 12.6. The Bertz CT molecular complexity index is 754. The molecule has 0 radical (unpaired) electrons. The number of amides is 3. The third-order valence-electron chi connectivity index (χ3n) is 5.33. The highest BCUT2D eigenvalue weighted by Crippen LogP contribution is 2.23. The molecule has 0 bridgehead atoms. The molecule has 3 amide bonds. The lowest BCUT2D eigenvalue weighted by molar-refractivity contribution is -0.263. The predicted octanol–water partition coefficient (Wildman–Crippen LogP) is -0.257. The lowest BCUT2D eigenvalue weighted by Gasteiger charge is -2.42. The van der Waals surface area contributed by atoms with Crippen LogP contribution in [0.3, 0.4) is 0 Å². The van der Waals surface area contributed by atoms with Crippen molar-refractivity contribution in [3.05, 3.63) is 0 Å². The van der Waals surface area contributed by atoms with E-state index in [1.165, 1.54) is 13.8 Å². The number of unbranched alkanes of at least 4 members (excludes halogenated alkanes) is 1. The second-order valence-corrected chi connectivity index (χ2v) is 10.3. The van der Waals surface area contributed by atoms with Gasteiger partial charge in [-0.2, -0.15) is 0 Å². The van der Waals surface area contributed by atoms with Gasteiger partial charge in [0, 0.05) is 33.4 Å². The summed E-state index contributed by atoms with van der Waals surface area (Å²) in [5.74, 6) is -1.77. The van der Waals surface area contributed by atoms with Crippen molar-refractivity contribution in [1.29, 1.82) is 0 Å². The summed E-state index contributed by atoms with van der Waals surface area (Å²) in [4.78, 5) is 47.5. The SMILES string of the molecule is CC(=O)NC1C(OCCCCC(=O)OC(C)(C)C)OC(CNC(=O)[C@H](NC(C)=O)C(C)C)C(O)C1O. The first-order valence-electron chi connectivity index (χ1n) is 12.3. The minimum atomic E-state index is -1.42. The van der Waals surface area contributed by atoms with Gasteiger partial charge in [-0.05, 0) is 39.5 Å². The number of nitrogens with one attached hydrogen (secondary N) is 3. The molecular formula is C24H43N3O9. The Labute approximate surface area is 212 Å². The average molecular weight is 518 g/mol. The molecular weight excluding hydrogens is 474 g/mol. The van der Waals surface area contributed by atoms with Crippen LogP contribution in [0.2, 0.25) is 0 Å². The summed E-state index contributed by atoms with van der Waals surface area (Å²) in [7, 11) is 0. The summed E-state index contributed by atoms with van der Waals surface area (Å²) >= 11 is 0. The van der Waals surface area contributed by atoms with Crippen LogP contribution in [0.1, 0.15) is 67.7 Å². The molecule has 1 heterocycles. The largest absolute Gasteiger partial charge is 0.460 e. The van der Waals surface area contributed by atoms with E-state index < -0.39 is 54.1 Å². The van der Waals surface area contributed by atoms with E-state index in [4.69, 9.17) is 14.2 Å². The molecule has 0 saturated carbocycles. The number of hydrogen-bond donors (Lipinski definition) is 5. The smallest absolute Gasteiger partial charge is 0.306 e. The summed E-state index contributed by atoms with van der Waals surface area (Å²) in [5, 5.41) is 28.9. The van der Waals surface area contributed by atoms with Gasteiger partial charge in [-0.3, -0.25) is 19.2 Å². The Morgan fingerprint density at radius 1 is 1.00 bits per heavy atom. The number of aliphatic hydroxyl groups is 2. The van der Waals surface area contributed by atoms with Gasteiger partial charge >= 0.3 is 5.97 Å². The topological polar surface area (TPSA) is 173 Å². The van der Waals surface area contributed by atoms with Crippen LogP contribution >= 0.6 is 0 Å². The fraction of sp³-hybridized carbons (Fsp3) is 0.833. The minimum absolute atomic E-state index is 0.156. The molecule has 12 heteroatoms. The number of carbonyl (C=O) groups is 4. The molecule has 1 aliphatic rings. The molecule has 1 aliphatic heterocycles. The fourth-order valence-electron chi connectivity index (χ4n) is 3.66. The van der Waals surface area contributed by atoms with Crippen molar-refractivity contribution < 1.29 is 43.6 Å². The van der Waals surface area contributed by atoms with Crippen LogP contribution in [-0.2, 0) is 33.4 Å². The molecule has 0 aliphatic carbocycles. The number of aliphatic hydroxyl groups excluding tert-OH is 2. The summed E-state index contributed by atoms with van der Waals surface area (Å²) in [6.07, 6.45) is -3.80. The zero-order valence-electron chi connectivity index (χ0n) is 22.3. The molecule has 0 aromatic rings. The summed E-state index contributed by atoms with van der Waals surface area (Å²) in [6.45, 7) is 11.5. The fourth-order valence-corrected chi connectivity index (χ4v) is 3.66. The van der Waals surface area contributed by atoms with Crippen molar-refractivity contribution >= 4 is 23.7 Å². The number of carbonyl (C=O) groups excluding carboxylic acids is 4. The second-order valence-electron chi connectivity index (χ2n) is 10.3. The molecule has 5 unspecified atom stereocenters. The third kappa shape index (κ3) is 11.2. The number of hydrogen-bond acceptors (Lipinski definition) is 9. The van der Waals surface area contributed by atoms with Gasteiger partial charge in [0.2, 0.25) is 17.7 Å². The molecule has 0 aromatic carbocycles. The Kier molecular flexibility index (Phi) is 12.8. The molecule has 1 fully saturated rings. The highest BCUT2D eigenvalue weighted by molar-refractivity contribution is 5.87. The number of esters is 1. The monoisotopic (exact) mass is 517 g/mol. The molecule has 1 rings (SSSR count). The summed E-state index contributed by atoms with van der Waals surface area (Å²) in [5.41, 5.74) is -0.562. The molecule has 5 N–H and O–H groups in total.